The summed E-state index contributed by atoms with van der Waals surface area (Å²) in [5.74, 6) is -1.28. The van der Waals surface area contributed by atoms with Crippen LogP contribution in [0.15, 0.2) is 12.1 Å². The van der Waals surface area contributed by atoms with Gasteiger partial charge in [-0.2, -0.15) is 0 Å². The highest BCUT2D eigenvalue weighted by Gasteiger charge is 2.17. The second kappa shape index (κ2) is 6.85. The van der Waals surface area contributed by atoms with E-state index >= 15 is 0 Å². The van der Waals surface area contributed by atoms with Gasteiger partial charge in [-0.1, -0.05) is 17.7 Å². The van der Waals surface area contributed by atoms with Gasteiger partial charge in [-0.15, -0.1) is 0 Å². The number of aryl methyl sites for hydroxylation is 3. The number of aliphatic hydroxyl groups excluding tert-OH is 1. The first kappa shape index (κ1) is 16.7. The second-order valence-electron chi connectivity index (χ2n) is 4.99. The predicted molar refractivity (Wildman–Crippen MR) is 79.6 cm³/mol. The van der Waals surface area contributed by atoms with Gasteiger partial charge in [0, 0.05) is 12.3 Å². The molecule has 0 aliphatic heterocycles. The van der Waals surface area contributed by atoms with Crippen molar-refractivity contribution >= 4 is 21.4 Å². The lowest BCUT2D eigenvalue weighted by Crippen LogP contribution is -2.25. The van der Waals surface area contributed by atoms with Crippen LogP contribution in [-0.4, -0.2) is 37.5 Å². The highest BCUT2D eigenvalue weighted by atomic mass is 32.2. The van der Waals surface area contributed by atoms with E-state index in [-0.39, 0.29) is 18.8 Å². The molecule has 0 bridgehead atoms. The van der Waals surface area contributed by atoms with E-state index in [0.29, 0.717) is 5.69 Å². The average Bonchev–Trinajstić information content (AvgIpc) is 2.30. The van der Waals surface area contributed by atoms with Crippen molar-refractivity contribution in [1.29, 1.82) is 0 Å². The number of aliphatic hydroxyl groups is 1. The average molecular weight is 299 g/mol. The molecule has 0 aliphatic carbocycles. The van der Waals surface area contributed by atoms with E-state index in [0.717, 1.165) is 16.7 Å². The molecular weight excluding hydrogens is 278 g/mol. The van der Waals surface area contributed by atoms with Crippen LogP contribution in [0.3, 0.4) is 0 Å². The molecule has 0 saturated carbocycles. The van der Waals surface area contributed by atoms with Crippen molar-refractivity contribution in [2.24, 2.45) is 0 Å². The Kier molecular flexibility index (Phi) is 5.71. The summed E-state index contributed by atoms with van der Waals surface area (Å²) in [6.45, 7) is 5.51. The fraction of sp³-hybridized carbons (Fsp3) is 0.500. The normalized spacial score (nSPS) is 11.4. The number of anilines is 1. The number of sulfone groups is 1. The molecule has 0 aromatic heterocycles. The van der Waals surface area contributed by atoms with Crippen LogP contribution in [0.4, 0.5) is 5.69 Å². The molecule has 20 heavy (non-hydrogen) atoms. The Labute approximate surface area is 119 Å². The minimum atomic E-state index is -3.47. The van der Waals surface area contributed by atoms with Crippen molar-refractivity contribution in [2.75, 3.05) is 23.4 Å². The Balaban J connectivity index is 2.77. The van der Waals surface area contributed by atoms with Crippen LogP contribution in [-0.2, 0) is 14.6 Å². The van der Waals surface area contributed by atoms with Gasteiger partial charge < -0.3 is 10.4 Å². The Morgan fingerprint density at radius 2 is 1.75 bits per heavy atom. The zero-order valence-corrected chi connectivity index (χ0v) is 12.9. The third kappa shape index (κ3) is 4.94. The molecule has 0 spiro atoms. The van der Waals surface area contributed by atoms with Crippen LogP contribution >= 0.6 is 0 Å². The molecule has 6 heteroatoms. The van der Waals surface area contributed by atoms with Gasteiger partial charge in [-0.3, -0.25) is 4.79 Å². The van der Waals surface area contributed by atoms with Crippen LogP contribution in [0.5, 0.6) is 0 Å². The molecule has 1 aromatic rings. The first-order chi connectivity index (χ1) is 9.25. The van der Waals surface area contributed by atoms with Crippen LogP contribution in [0, 0.1) is 20.8 Å². The molecule has 1 amide bonds. The van der Waals surface area contributed by atoms with Crippen molar-refractivity contribution in [3.63, 3.8) is 0 Å². The maximum Gasteiger partial charge on any atom is 0.239 e. The summed E-state index contributed by atoms with van der Waals surface area (Å²) in [7, 11) is -3.47. The topological polar surface area (TPSA) is 83.5 Å². The van der Waals surface area contributed by atoms with Gasteiger partial charge in [-0.05, 0) is 38.3 Å². The first-order valence-corrected chi connectivity index (χ1v) is 8.26. The van der Waals surface area contributed by atoms with Crippen molar-refractivity contribution in [3.8, 4) is 0 Å². The van der Waals surface area contributed by atoms with Crippen LogP contribution in [0.25, 0.3) is 0 Å². The Morgan fingerprint density at radius 1 is 1.20 bits per heavy atom. The molecule has 0 saturated heterocycles. The maximum absolute atomic E-state index is 11.8. The standard InChI is InChI=1S/C14H21NO4S/c1-10-7-11(2)14(12(3)8-10)15-13(17)9-20(18,19)6-4-5-16/h7-8,16H,4-6,9H2,1-3H3,(H,15,17). The Hall–Kier alpha value is -1.40. The molecule has 0 aliphatic rings. The van der Waals surface area contributed by atoms with Crippen LogP contribution < -0.4 is 5.32 Å². The van der Waals surface area contributed by atoms with Crippen LogP contribution in [0.1, 0.15) is 23.1 Å². The van der Waals surface area contributed by atoms with Crippen molar-refractivity contribution in [2.45, 2.75) is 27.2 Å². The molecule has 0 radical (unpaired) electrons. The molecule has 112 valence electrons. The van der Waals surface area contributed by atoms with Crippen molar-refractivity contribution < 1.29 is 18.3 Å². The van der Waals surface area contributed by atoms with Crippen molar-refractivity contribution in [1.82, 2.24) is 0 Å². The summed E-state index contributed by atoms with van der Waals surface area (Å²) in [5.41, 5.74) is 3.57. The zero-order valence-electron chi connectivity index (χ0n) is 12.1. The number of hydrogen-bond donors (Lipinski definition) is 2. The summed E-state index contributed by atoms with van der Waals surface area (Å²) in [4.78, 5) is 11.8. The minimum absolute atomic E-state index is 0.151. The largest absolute Gasteiger partial charge is 0.396 e. The highest BCUT2D eigenvalue weighted by Crippen LogP contribution is 2.21. The van der Waals surface area contributed by atoms with Gasteiger partial charge >= 0.3 is 0 Å². The van der Waals surface area contributed by atoms with Gasteiger partial charge in [0.2, 0.25) is 5.91 Å². The third-order valence-corrected chi connectivity index (χ3v) is 4.52. The lowest BCUT2D eigenvalue weighted by Gasteiger charge is -2.13. The molecule has 0 atom stereocenters. The molecule has 2 N–H and O–H groups in total. The monoisotopic (exact) mass is 299 g/mol. The lowest BCUT2D eigenvalue weighted by atomic mass is 10.1. The first-order valence-electron chi connectivity index (χ1n) is 6.44. The molecule has 0 fully saturated rings. The fourth-order valence-electron chi connectivity index (χ4n) is 2.11. The molecule has 0 heterocycles. The summed E-state index contributed by atoms with van der Waals surface area (Å²) >= 11 is 0. The molecule has 1 aromatic carbocycles. The van der Waals surface area contributed by atoms with E-state index in [2.05, 4.69) is 5.32 Å². The smallest absolute Gasteiger partial charge is 0.239 e. The number of benzene rings is 1. The summed E-state index contributed by atoms with van der Waals surface area (Å²) < 4.78 is 23.3. The zero-order chi connectivity index (χ0) is 15.3. The maximum atomic E-state index is 11.8. The van der Waals surface area contributed by atoms with Gasteiger partial charge in [0.05, 0.1) is 5.75 Å². The SMILES string of the molecule is Cc1cc(C)c(NC(=O)CS(=O)(=O)CCCO)c(C)c1. The van der Waals surface area contributed by atoms with Gasteiger partial charge in [0.1, 0.15) is 5.75 Å². The number of carbonyl (C=O) groups excluding carboxylic acids is 1. The quantitative estimate of drug-likeness (QED) is 0.830. The lowest BCUT2D eigenvalue weighted by molar-refractivity contribution is -0.113. The number of nitrogens with one attached hydrogen (secondary N) is 1. The van der Waals surface area contributed by atoms with E-state index in [9.17, 15) is 13.2 Å². The van der Waals surface area contributed by atoms with E-state index in [1.807, 2.05) is 32.9 Å². The Morgan fingerprint density at radius 3 is 2.25 bits per heavy atom. The number of rotatable bonds is 6. The van der Waals surface area contributed by atoms with E-state index in [1.54, 1.807) is 0 Å². The Bertz CT molecular complexity index is 570. The summed E-state index contributed by atoms with van der Waals surface area (Å²) in [5, 5.41) is 11.3. The second-order valence-corrected chi connectivity index (χ2v) is 7.18. The number of carbonyl (C=O) groups is 1. The van der Waals surface area contributed by atoms with E-state index < -0.39 is 21.5 Å². The molecule has 0 unspecified atom stereocenters. The number of amides is 1. The molecular formula is C14H21NO4S. The summed E-state index contributed by atoms with van der Waals surface area (Å²) in [6.07, 6.45) is 0.151. The predicted octanol–water partition coefficient (Wildman–Crippen LogP) is 1.35. The fourth-order valence-corrected chi connectivity index (χ4v) is 3.29. The van der Waals surface area contributed by atoms with E-state index in [4.69, 9.17) is 5.11 Å². The van der Waals surface area contributed by atoms with Gasteiger partial charge in [-0.25, -0.2) is 8.42 Å². The minimum Gasteiger partial charge on any atom is -0.396 e. The molecule has 1 rings (SSSR count). The highest BCUT2D eigenvalue weighted by molar-refractivity contribution is 7.92. The van der Waals surface area contributed by atoms with Gasteiger partial charge in [0.15, 0.2) is 9.84 Å². The van der Waals surface area contributed by atoms with Gasteiger partial charge in [0.25, 0.3) is 0 Å². The summed E-state index contributed by atoms with van der Waals surface area (Å²) in [6, 6.07) is 3.87. The molecule has 5 nitrogen and oxygen atoms in total. The van der Waals surface area contributed by atoms with Crippen molar-refractivity contribution in [3.05, 3.63) is 28.8 Å². The third-order valence-electron chi connectivity index (χ3n) is 2.91. The van der Waals surface area contributed by atoms with Crippen LogP contribution in [0.2, 0.25) is 0 Å². The van der Waals surface area contributed by atoms with E-state index in [1.165, 1.54) is 0 Å². The number of hydrogen-bond acceptors (Lipinski definition) is 4.